The first-order valence-electron chi connectivity index (χ1n) is 10.5. The molecule has 0 amide bonds. The Morgan fingerprint density at radius 2 is 1.90 bits per heavy atom. The summed E-state index contributed by atoms with van der Waals surface area (Å²) in [5.74, 6) is 2.03. The molecule has 30 heavy (non-hydrogen) atoms. The van der Waals surface area contributed by atoms with Crippen LogP contribution in [0.15, 0.2) is 52.4 Å². The highest BCUT2D eigenvalue weighted by molar-refractivity contribution is 14.0. The molecule has 0 saturated carbocycles. The highest BCUT2D eigenvalue weighted by atomic mass is 127. The van der Waals surface area contributed by atoms with Crippen molar-refractivity contribution in [2.45, 2.75) is 33.2 Å². The van der Waals surface area contributed by atoms with Crippen LogP contribution in [0.5, 0.6) is 0 Å². The minimum atomic E-state index is 0. The third-order valence-corrected chi connectivity index (χ3v) is 5.21. The average molecular weight is 524 g/mol. The number of nitrogens with one attached hydrogen (secondary N) is 1. The second-order valence-electron chi connectivity index (χ2n) is 7.26. The van der Waals surface area contributed by atoms with Crippen molar-refractivity contribution in [1.82, 2.24) is 19.8 Å². The van der Waals surface area contributed by atoms with Crippen LogP contribution in [-0.4, -0.2) is 59.7 Å². The number of guanidine groups is 1. The van der Waals surface area contributed by atoms with E-state index in [1.54, 1.807) is 6.07 Å². The molecular formula is C22H33IN6O. The largest absolute Gasteiger partial charge is 0.357 e. The minimum Gasteiger partial charge on any atom is -0.357 e. The fourth-order valence-corrected chi connectivity index (χ4v) is 3.59. The first-order chi connectivity index (χ1) is 14.2. The van der Waals surface area contributed by atoms with Gasteiger partial charge in [-0.1, -0.05) is 12.1 Å². The Hall–Kier alpha value is -2.10. The van der Waals surface area contributed by atoms with Gasteiger partial charge < -0.3 is 19.7 Å². The van der Waals surface area contributed by atoms with E-state index in [2.05, 4.69) is 33.1 Å². The number of piperazine rings is 1. The first-order valence-corrected chi connectivity index (χ1v) is 10.5. The number of unbranched alkanes of at least 4 members (excludes halogenated alkanes) is 1. The Balaban J connectivity index is 0.00000320. The molecule has 1 N–H and O–H groups in total. The van der Waals surface area contributed by atoms with Crippen LogP contribution in [0.3, 0.4) is 0 Å². The van der Waals surface area contributed by atoms with Gasteiger partial charge in [-0.05, 0) is 44.9 Å². The van der Waals surface area contributed by atoms with Gasteiger partial charge in [-0.3, -0.25) is 9.79 Å². The summed E-state index contributed by atoms with van der Waals surface area (Å²) in [6, 6.07) is 11.5. The molecule has 1 fully saturated rings. The predicted octanol–water partition coefficient (Wildman–Crippen LogP) is 2.74. The molecule has 1 aliphatic heterocycles. The first kappa shape index (κ1) is 24.2. The van der Waals surface area contributed by atoms with E-state index in [4.69, 9.17) is 4.99 Å². The summed E-state index contributed by atoms with van der Waals surface area (Å²) in [5, 5.41) is 3.42. The summed E-state index contributed by atoms with van der Waals surface area (Å²) in [4.78, 5) is 25.9. The van der Waals surface area contributed by atoms with Gasteiger partial charge in [-0.25, -0.2) is 4.98 Å². The number of anilines is 1. The maximum absolute atomic E-state index is 11.9. The van der Waals surface area contributed by atoms with Gasteiger partial charge >= 0.3 is 0 Å². The molecule has 3 rings (SSSR count). The van der Waals surface area contributed by atoms with Crippen LogP contribution < -0.4 is 15.8 Å². The van der Waals surface area contributed by atoms with E-state index < -0.39 is 0 Å². The number of aryl methyl sites for hydroxylation is 1. The molecular weight excluding hydrogens is 491 g/mol. The molecule has 0 unspecified atom stereocenters. The monoisotopic (exact) mass is 524 g/mol. The number of hydrogen-bond acceptors (Lipinski definition) is 4. The van der Waals surface area contributed by atoms with Gasteiger partial charge in [0.2, 0.25) is 0 Å². The van der Waals surface area contributed by atoms with Gasteiger partial charge in [0.1, 0.15) is 5.82 Å². The molecule has 1 saturated heterocycles. The van der Waals surface area contributed by atoms with E-state index in [1.807, 2.05) is 42.0 Å². The smallest absolute Gasteiger partial charge is 0.250 e. The molecule has 0 aromatic carbocycles. The lowest BCUT2D eigenvalue weighted by Crippen LogP contribution is -2.52. The normalized spacial score (nSPS) is 14.4. The second-order valence-corrected chi connectivity index (χ2v) is 7.26. The number of nitrogens with zero attached hydrogens (tertiary/aromatic N) is 5. The predicted molar refractivity (Wildman–Crippen MR) is 134 cm³/mol. The zero-order chi connectivity index (χ0) is 20.5. The lowest BCUT2D eigenvalue weighted by atomic mass is 10.3. The number of hydrogen-bond donors (Lipinski definition) is 1. The van der Waals surface area contributed by atoms with E-state index in [1.165, 1.54) is 0 Å². The average Bonchev–Trinajstić information content (AvgIpc) is 2.75. The van der Waals surface area contributed by atoms with Gasteiger partial charge in [0.25, 0.3) is 5.56 Å². The molecule has 8 heteroatoms. The number of aromatic nitrogens is 2. The van der Waals surface area contributed by atoms with Crippen molar-refractivity contribution in [3.05, 3.63) is 58.6 Å². The minimum absolute atomic E-state index is 0. The van der Waals surface area contributed by atoms with Crippen LogP contribution >= 0.6 is 24.0 Å². The molecule has 1 aliphatic rings. The molecule has 0 spiro atoms. The summed E-state index contributed by atoms with van der Waals surface area (Å²) in [7, 11) is 0. The van der Waals surface area contributed by atoms with Crippen LogP contribution in [0.25, 0.3) is 0 Å². The summed E-state index contributed by atoms with van der Waals surface area (Å²) < 4.78 is 1.84. The Bertz CT molecular complexity index is 846. The van der Waals surface area contributed by atoms with Crippen molar-refractivity contribution >= 4 is 35.8 Å². The SMILES string of the molecule is CCNC(=NCCCCn1c(C)cccc1=O)N1CCN(c2ccccn2)CC1.I. The quantitative estimate of drug-likeness (QED) is 0.261. The van der Waals surface area contributed by atoms with Crippen LogP contribution in [0.4, 0.5) is 5.82 Å². The van der Waals surface area contributed by atoms with Gasteiger partial charge in [0, 0.05) is 63.8 Å². The number of pyridine rings is 2. The van der Waals surface area contributed by atoms with E-state index in [9.17, 15) is 4.79 Å². The third kappa shape index (κ3) is 6.72. The van der Waals surface area contributed by atoms with Crippen LogP contribution in [0.1, 0.15) is 25.5 Å². The van der Waals surface area contributed by atoms with E-state index in [0.29, 0.717) is 0 Å². The zero-order valence-corrected chi connectivity index (χ0v) is 20.3. The van der Waals surface area contributed by atoms with E-state index in [-0.39, 0.29) is 29.5 Å². The topological polar surface area (TPSA) is 65.8 Å². The Morgan fingerprint density at radius 3 is 2.57 bits per heavy atom. The van der Waals surface area contributed by atoms with Gasteiger partial charge in [-0.2, -0.15) is 0 Å². The molecule has 164 valence electrons. The maximum atomic E-state index is 11.9. The number of aliphatic imine (C=N–C) groups is 1. The van der Waals surface area contributed by atoms with Gasteiger partial charge in [0.15, 0.2) is 5.96 Å². The standard InChI is InChI=1S/C22H32N6O.HI/c1-3-23-22(25-13-6-7-14-28-19(2)9-8-11-21(28)29)27-17-15-26(16-18-27)20-10-4-5-12-24-20;/h4-5,8-12H,3,6-7,13-18H2,1-2H3,(H,23,25);1H. The van der Waals surface area contributed by atoms with Crippen molar-refractivity contribution in [1.29, 1.82) is 0 Å². The molecule has 0 atom stereocenters. The van der Waals surface area contributed by atoms with Crippen molar-refractivity contribution in [3.63, 3.8) is 0 Å². The summed E-state index contributed by atoms with van der Waals surface area (Å²) in [6.45, 7) is 10.2. The van der Waals surface area contributed by atoms with Crippen LogP contribution in [0, 0.1) is 6.92 Å². The van der Waals surface area contributed by atoms with Crippen LogP contribution in [0.2, 0.25) is 0 Å². The molecule has 0 bridgehead atoms. The lowest BCUT2D eigenvalue weighted by molar-refractivity contribution is 0.371. The van der Waals surface area contributed by atoms with E-state index in [0.717, 1.165) is 76.1 Å². The van der Waals surface area contributed by atoms with Gasteiger partial charge in [-0.15, -0.1) is 24.0 Å². The van der Waals surface area contributed by atoms with Crippen molar-refractivity contribution in [2.24, 2.45) is 4.99 Å². The summed E-state index contributed by atoms with van der Waals surface area (Å²) in [5.41, 5.74) is 1.09. The van der Waals surface area contributed by atoms with Crippen molar-refractivity contribution in [3.8, 4) is 0 Å². The van der Waals surface area contributed by atoms with E-state index >= 15 is 0 Å². The fourth-order valence-electron chi connectivity index (χ4n) is 3.59. The Kier molecular flexibility index (Phi) is 10.1. The summed E-state index contributed by atoms with van der Waals surface area (Å²) >= 11 is 0. The van der Waals surface area contributed by atoms with Crippen LogP contribution in [-0.2, 0) is 6.54 Å². The highest BCUT2D eigenvalue weighted by Crippen LogP contribution is 2.12. The molecule has 2 aromatic heterocycles. The lowest BCUT2D eigenvalue weighted by Gasteiger charge is -2.37. The number of halogens is 1. The molecule has 7 nitrogen and oxygen atoms in total. The molecule has 3 heterocycles. The molecule has 0 aliphatic carbocycles. The Labute approximate surface area is 196 Å². The second kappa shape index (κ2) is 12.6. The van der Waals surface area contributed by atoms with Gasteiger partial charge in [0.05, 0.1) is 0 Å². The molecule has 0 radical (unpaired) electrons. The van der Waals surface area contributed by atoms with Crippen molar-refractivity contribution < 1.29 is 0 Å². The van der Waals surface area contributed by atoms with Crippen molar-refractivity contribution in [2.75, 3.05) is 44.2 Å². The summed E-state index contributed by atoms with van der Waals surface area (Å²) in [6.07, 6.45) is 3.75. The zero-order valence-electron chi connectivity index (χ0n) is 18.0. The molecule has 2 aromatic rings. The Morgan fingerprint density at radius 1 is 1.10 bits per heavy atom. The maximum Gasteiger partial charge on any atom is 0.250 e. The third-order valence-electron chi connectivity index (χ3n) is 5.21. The number of rotatable bonds is 7. The highest BCUT2D eigenvalue weighted by Gasteiger charge is 2.20. The fraction of sp³-hybridized carbons (Fsp3) is 0.500.